The lowest BCUT2D eigenvalue weighted by atomic mass is 10.1. The van der Waals surface area contributed by atoms with Crippen LogP contribution in [0, 0.1) is 24.0 Å². The lowest BCUT2D eigenvalue weighted by Crippen LogP contribution is -2.20. The molecule has 0 fully saturated rings. The van der Waals surface area contributed by atoms with E-state index in [2.05, 4.69) is 15.4 Å². The minimum atomic E-state index is -0.555. The van der Waals surface area contributed by atoms with E-state index in [-0.39, 0.29) is 23.7 Å². The molecular formula is C26H20ClN5O5. The van der Waals surface area contributed by atoms with Gasteiger partial charge in [0, 0.05) is 28.9 Å². The maximum absolute atomic E-state index is 12.9. The van der Waals surface area contributed by atoms with Gasteiger partial charge < -0.3 is 14.5 Å². The van der Waals surface area contributed by atoms with E-state index in [9.17, 15) is 14.9 Å². The summed E-state index contributed by atoms with van der Waals surface area (Å²) in [6.07, 6.45) is 3.21. The highest BCUT2D eigenvalue weighted by Crippen LogP contribution is 2.32. The fourth-order valence-electron chi connectivity index (χ4n) is 4.00. The Hall–Kier alpha value is -4.70. The van der Waals surface area contributed by atoms with Crippen molar-refractivity contribution in [3.63, 3.8) is 0 Å². The minimum Gasteiger partial charge on any atom is -0.464 e. The number of nitrogens with zero attached hydrogens (tertiary/aromatic N) is 4. The molecule has 0 aliphatic carbocycles. The first-order valence-corrected chi connectivity index (χ1v) is 11.6. The fourth-order valence-corrected chi connectivity index (χ4v) is 4.12. The molecule has 0 saturated carbocycles. The summed E-state index contributed by atoms with van der Waals surface area (Å²) in [5.74, 6) is 0.871. The van der Waals surface area contributed by atoms with Crippen molar-refractivity contribution in [1.29, 1.82) is 0 Å². The van der Waals surface area contributed by atoms with Crippen molar-refractivity contribution >= 4 is 39.9 Å². The second-order valence-corrected chi connectivity index (χ2v) is 8.72. The van der Waals surface area contributed by atoms with Crippen LogP contribution >= 0.6 is 11.6 Å². The molecule has 0 spiro atoms. The number of pyridine rings is 1. The lowest BCUT2D eigenvalue weighted by molar-refractivity contribution is -0.384. The smallest absolute Gasteiger partial charge is 0.275 e. The van der Waals surface area contributed by atoms with Crippen LogP contribution in [0.3, 0.4) is 0 Å². The number of non-ortho nitro benzene ring substituents is 1. The van der Waals surface area contributed by atoms with Crippen molar-refractivity contribution in [2.45, 2.75) is 20.4 Å². The lowest BCUT2D eigenvalue weighted by Gasteiger charge is -2.11. The molecular weight excluding hydrogens is 498 g/mol. The summed E-state index contributed by atoms with van der Waals surface area (Å²) in [5, 5.41) is 20.0. The van der Waals surface area contributed by atoms with Gasteiger partial charge in [-0.3, -0.25) is 14.9 Å². The topological polar surface area (TPSA) is 125 Å². The van der Waals surface area contributed by atoms with E-state index in [1.165, 1.54) is 22.9 Å². The number of nitro benzene ring substituents is 1. The van der Waals surface area contributed by atoms with E-state index < -0.39 is 10.8 Å². The number of nitro groups is 1. The number of ether oxygens (including phenoxy) is 1. The Labute approximate surface area is 215 Å². The molecule has 0 aliphatic rings. The Morgan fingerprint density at radius 1 is 1.16 bits per heavy atom. The van der Waals surface area contributed by atoms with Gasteiger partial charge in [0.15, 0.2) is 5.65 Å². The van der Waals surface area contributed by atoms with E-state index in [0.717, 1.165) is 16.5 Å². The summed E-state index contributed by atoms with van der Waals surface area (Å²) in [5.41, 5.74) is 2.79. The van der Waals surface area contributed by atoms with Crippen LogP contribution < -0.4 is 10.1 Å². The highest BCUT2D eigenvalue weighted by atomic mass is 35.5. The van der Waals surface area contributed by atoms with Gasteiger partial charge in [0.05, 0.1) is 34.0 Å². The molecule has 2 aromatic carbocycles. The molecule has 0 aliphatic heterocycles. The number of carbonyl (C=O) groups excluding carboxylic acids is 1. The highest BCUT2D eigenvalue weighted by Gasteiger charge is 2.18. The number of aryl methyl sites for hydroxylation is 2. The van der Waals surface area contributed by atoms with Crippen molar-refractivity contribution in [2.24, 2.45) is 0 Å². The minimum absolute atomic E-state index is 0.159. The standard InChI is InChI=1S/C26H20ClN5O5/c1-15-10-19(5-6-22(15)27)37-20-12-17(11-18(13-20)32(34)35)29-24(33)14-31-26-25(16(2)30-31)21(7-8-28-26)23-4-3-9-36-23/h3-13H,14H2,1-2H3,(H,29,33). The largest absolute Gasteiger partial charge is 0.464 e. The SMILES string of the molecule is Cc1cc(Oc2cc(NC(=O)Cn3nc(C)c4c(-c5ccco5)ccnc43)cc([N+](=O)[O-])c2)ccc1Cl. The average Bonchev–Trinajstić information content (AvgIpc) is 3.50. The Morgan fingerprint density at radius 2 is 2.00 bits per heavy atom. The zero-order chi connectivity index (χ0) is 26.1. The first-order chi connectivity index (χ1) is 17.8. The first-order valence-electron chi connectivity index (χ1n) is 11.2. The number of hydrogen-bond acceptors (Lipinski definition) is 7. The molecule has 5 aromatic rings. The van der Waals surface area contributed by atoms with Gasteiger partial charge in [-0.05, 0) is 55.8 Å². The second-order valence-electron chi connectivity index (χ2n) is 8.31. The fraction of sp³-hybridized carbons (Fsp3) is 0.115. The second kappa shape index (κ2) is 9.75. The number of furan rings is 1. The molecule has 1 amide bonds. The third kappa shape index (κ3) is 5.00. The molecule has 0 radical (unpaired) electrons. The Kier molecular flexibility index (Phi) is 6.33. The van der Waals surface area contributed by atoms with Gasteiger partial charge in [-0.2, -0.15) is 5.10 Å². The monoisotopic (exact) mass is 517 g/mol. The third-order valence-electron chi connectivity index (χ3n) is 5.64. The van der Waals surface area contributed by atoms with Crippen LogP contribution in [0.25, 0.3) is 22.4 Å². The van der Waals surface area contributed by atoms with Gasteiger partial charge in [0.25, 0.3) is 5.69 Å². The van der Waals surface area contributed by atoms with Gasteiger partial charge in [-0.25, -0.2) is 9.67 Å². The molecule has 37 heavy (non-hydrogen) atoms. The normalized spacial score (nSPS) is 11.0. The Balaban J connectivity index is 1.40. The summed E-state index contributed by atoms with van der Waals surface area (Å²) in [6, 6.07) is 14.6. The zero-order valence-electron chi connectivity index (χ0n) is 19.8. The predicted molar refractivity (Wildman–Crippen MR) is 138 cm³/mol. The predicted octanol–water partition coefficient (Wildman–Crippen LogP) is 6.30. The maximum atomic E-state index is 12.9. The zero-order valence-corrected chi connectivity index (χ0v) is 20.5. The number of carbonyl (C=O) groups is 1. The number of amides is 1. The van der Waals surface area contributed by atoms with Crippen LogP contribution in [0.1, 0.15) is 11.3 Å². The number of fused-ring (bicyclic) bond motifs is 1. The van der Waals surface area contributed by atoms with Crippen LogP contribution in [0.5, 0.6) is 11.5 Å². The van der Waals surface area contributed by atoms with Gasteiger partial charge in [-0.15, -0.1) is 0 Å². The molecule has 3 aromatic heterocycles. The van der Waals surface area contributed by atoms with Crippen LogP contribution in [0.2, 0.25) is 5.02 Å². The molecule has 0 atom stereocenters. The first kappa shape index (κ1) is 24.0. The van der Waals surface area contributed by atoms with Crippen LogP contribution in [-0.4, -0.2) is 25.6 Å². The number of nitrogens with one attached hydrogen (secondary N) is 1. The number of rotatable bonds is 7. The van der Waals surface area contributed by atoms with Gasteiger partial charge in [-0.1, -0.05) is 11.6 Å². The van der Waals surface area contributed by atoms with Crippen LogP contribution in [0.15, 0.2) is 71.5 Å². The number of benzene rings is 2. The quantitative estimate of drug-likeness (QED) is 0.198. The van der Waals surface area contributed by atoms with E-state index in [4.69, 9.17) is 20.8 Å². The van der Waals surface area contributed by atoms with E-state index >= 15 is 0 Å². The summed E-state index contributed by atoms with van der Waals surface area (Å²) in [6.45, 7) is 3.49. The van der Waals surface area contributed by atoms with Crippen molar-refractivity contribution in [2.75, 3.05) is 5.32 Å². The van der Waals surface area contributed by atoms with Crippen molar-refractivity contribution in [3.05, 3.63) is 93.5 Å². The van der Waals surface area contributed by atoms with Gasteiger partial charge >= 0.3 is 0 Å². The summed E-state index contributed by atoms with van der Waals surface area (Å²) >= 11 is 6.06. The number of aromatic nitrogens is 3. The third-order valence-corrected chi connectivity index (χ3v) is 6.06. The molecule has 5 rings (SSSR count). The molecule has 1 N–H and O–H groups in total. The Bertz CT molecular complexity index is 1650. The van der Waals surface area contributed by atoms with Crippen molar-refractivity contribution in [1.82, 2.24) is 14.8 Å². The van der Waals surface area contributed by atoms with Crippen molar-refractivity contribution in [3.8, 4) is 22.8 Å². The molecule has 0 unspecified atom stereocenters. The van der Waals surface area contributed by atoms with Crippen LogP contribution in [-0.2, 0) is 11.3 Å². The maximum Gasteiger partial charge on any atom is 0.275 e. The van der Waals surface area contributed by atoms with E-state index in [1.54, 1.807) is 36.7 Å². The molecule has 0 bridgehead atoms. The molecule has 11 heteroatoms. The van der Waals surface area contributed by atoms with Gasteiger partial charge in [0.1, 0.15) is 23.8 Å². The summed E-state index contributed by atoms with van der Waals surface area (Å²) in [7, 11) is 0. The summed E-state index contributed by atoms with van der Waals surface area (Å²) in [4.78, 5) is 28.3. The molecule has 0 saturated heterocycles. The number of halogens is 1. The Morgan fingerprint density at radius 3 is 2.73 bits per heavy atom. The molecule has 10 nitrogen and oxygen atoms in total. The average molecular weight is 518 g/mol. The van der Waals surface area contributed by atoms with Crippen molar-refractivity contribution < 1.29 is 18.9 Å². The molecule has 186 valence electrons. The highest BCUT2D eigenvalue weighted by molar-refractivity contribution is 6.31. The van der Waals surface area contributed by atoms with Gasteiger partial charge in [0.2, 0.25) is 5.91 Å². The van der Waals surface area contributed by atoms with E-state index in [1.807, 2.05) is 26.0 Å². The summed E-state index contributed by atoms with van der Waals surface area (Å²) < 4.78 is 12.8. The van der Waals surface area contributed by atoms with E-state index in [0.29, 0.717) is 27.9 Å². The number of hydrogen-bond donors (Lipinski definition) is 1. The van der Waals surface area contributed by atoms with Crippen LogP contribution in [0.4, 0.5) is 11.4 Å². The number of anilines is 1. The molecule has 3 heterocycles.